The van der Waals surface area contributed by atoms with E-state index < -0.39 is 0 Å². The molecule has 0 bridgehead atoms. The van der Waals surface area contributed by atoms with E-state index in [1.807, 2.05) is 0 Å². The maximum Gasteiger partial charge on any atom is 0.211 e. The number of hydrogen-bond acceptors (Lipinski definition) is 3. The van der Waals surface area contributed by atoms with Gasteiger partial charge in [-0.15, -0.1) is 0 Å². The third-order valence-corrected chi connectivity index (χ3v) is 14.4. The molecular weight excluding hydrogens is 839 g/mol. The van der Waals surface area contributed by atoms with Crippen molar-refractivity contribution in [3.05, 3.63) is 208 Å². The largest absolute Gasteiger partial charge is 0.372 e. The van der Waals surface area contributed by atoms with E-state index in [9.17, 15) is 0 Å². The van der Waals surface area contributed by atoms with Crippen LogP contribution in [0.5, 0.6) is 0 Å². The average molecular weight is 912 g/mol. The van der Waals surface area contributed by atoms with Gasteiger partial charge in [0, 0.05) is 80.6 Å². The number of allylic oxidation sites excluding steroid dienone is 8. The first-order valence-corrected chi connectivity index (χ1v) is 25.7. The quantitative estimate of drug-likeness (QED) is 0.0980. The predicted octanol–water partition coefficient (Wildman–Crippen LogP) is 13.1. The van der Waals surface area contributed by atoms with Crippen molar-refractivity contribution in [2.24, 2.45) is 0 Å². The van der Waals surface area contributed by atoms with E-state index >= 15 is 0 Å². The van der Waals surface area contributed by atoms with E-state index in [-0.39, 0.29) is 0 Å². The summed E-state index contributed by atoms with van der Waals surface area (Å²) in [6, 6.07) is 45.7. The summed E-state index contributed by atoms with van der Waals surface area (Å²) in [6.07, 6.45) is 13.9. The monoisotopic (exact) mass is 912 g/mol. The molecular formula is C64H73N5+2. The van der Waals surface area contributed by atoms with Crippen LogP contribution >= 0.6 is 0 Å². The smallest absolute Gasteiger partial charge is 0.211 e. The predicted molar refractivity (Wildman–Crippen MR) is 300 cm³/mol. The van der Waals surface area contributed by atoms with E-state index in [4.69, 9.17) is 0 Å². The van der Waals surface area contributed by atoms with E-state index in [1.165, 1.54) is 100 Å². The van der Waals surface area contributed by atoms with Crippen LogP contribution in [-0.4, -0.2) is 68.4 Å². The number of anilines is 3. The highest BCUT2D eigenvalue weighted by Crippen LogP contribution is 2.41. The van der Waals surface area contributed by atoms with Crippen molar-refractivity contribution in [1.82, 2.24) is 0 Å². The second-order valence-electron chi connectivity index (χ2n) is 18.1. The van der Waals surface area contributed by atoms with Crippen molar-refractivity contribution >= 4 is 61.7 Å². The summed E-state index contributed by atoms with van der Waals surface area (Å²) in [4.78, 5) is 11.3. The van der Waals surface area contributed by atoms with Crippen molar-refractivity contribution in [1.29, 1.82) is 0 Å². The van der Waals surface area contributed by atoms with Gasteiger partial charge >= 0.3 is 0 Å². The summed E-state index contributed by atoms with van der Waals surface area (Å²) >= 11 is 0. The number of nitrogens with one attached hydrogen (secondary N) is 1. The molecule has 2 aliphatic rings. The molecule has 6 aromatic rings. The molecule has 6 aromatic carbocycles. The minimum absolute atomic E-state index is 0.977. The molecule has 8 rings (SSSR count). The van der Waals surface area contributed by atoms with Crippen LogP contribution in [0.15, 0.2) is 163 Å². The average Bonchev–Trinajstić information content (AvgIpc) is 3.38. The van der Waals surface area contributed by atoms with E-state index in [0.29, 0.717) is 0 Å². The second-order valence-corrected chi connectivity index (χ2v) is 18.1. The first kappa shape index (κ1) is 48.5. The summed E-state index contributed by atoms with van der Waals surface area (Å²) in [5.41, 5.74) is 22.0. The van der Waals surface area contributed by atoms with Gasteiger partial charge in [0.15, 0.2) is 5.71 Å². The maximum atomic E-state index is 3.99. The number of aryl methyl sites for hydroxylation is 2. The molecule has 0 heterocycles. The fourth-order valence-electron chi connectivity index (χ4n) is 10.6. The van der Waals surface area contributed by atoms with Gasteiger partial charge in [-0.2, -0.15) is 0 Å². The zero-order valence-corrected chi connectivity index (χ0v) is 43.0. The Kier molecular flexibility index (Phi) is 15.4. The van der Waals surface area contributed by atoms with E-state index in [0.717, 1.165) is 63.8 Å². The summed E-state index contributed by atoms with van der Waals surface area (Å²) in [5, 5.41) is 2.40. The maximum absolute atomic E-state index is 3.99. The fraction of sp³-hybridized carbons (Fsp3) is 0.281. The first-order chi connectivity index (χ1) is 33.7. The van der Waals surface area contributed by atoms with E-state index in [1.54, 1.807) is 0 Å². The second kappa shape index (κ2) is 22.0. The molecule has 0 aliphatic heterocycles. The van der Waals surface area contributed by atoms with Gasteiger partial charge in [-0.25, -0.2) is 9.57 Å². The Morgan fingerprint density at radius 3 is 1.49 bits per heavy atom. The third-order valence-electron chi connectivity index (χ3n) is 14.4. The van der Waals surface area contributed by atoms with Crippen LogP contribution in [0, 0.1) is 13.8 Å². The van der Waals surface area contributed by atoms with Crippen molar-refractivity contribution in [2.45, 2.75) is 69.2 Å². The normalized spacial score (nSPS) is 14.4. The lowest BCUT2D eigenvalue weighted by Crippen LogP contribution is -2.66. The molecule has 1 N–H and O–H groups in total. The fourth-order valence-corrected chi connectivity index (χ4v) is 10.6. The topological polar surface area (TPSA) is 26.7 Å². The number of fused-ring (bicyclic) bond motifs is 2. The lowest BCUT2D eigenvalue weighted by Gasteiger charge is -2.25. The molecule has 5 nitrogen and oxygen atoms in total. The molecule has 0 spiro atoms. The van der Waals surface area contributed by atoms with Gasteiger partial charge in [-0.05, 0) is 209 Å². The third kappa shape index (κ3) is 9.83. The molecule has 0 atom stereocenters. The van der Waals surface area contributed by atoms with Crippen LogP contribution in [0.1, 0.15) is 99.9 Å². The van der Waals surface area contributed by atoms with E-state index in [2.05, 4.69) is 251 Å². The molecule has 5 heteroatoms. The standard InChI is InChI=1S/C64H72N5/c1-11-66(12-2)49-31-27-47(28-32-49)63(53-37-35-51(43-45(53)9)68(15-5)16-6)59-39-41-61(57-25-21-19-23-55(57)59)65-62-42-40-60(56-24-20-22-26-58(56)62)64(48-29-33-50(34-30-48)67(13-3)14-4)54-38-36-52(44-46(54)10)69(17-7)18-8/h19-44H,11-18H2,1-10H3/q+1/p+1. The molecule has 0 amide bonds. The highest BCUT2D eigenvalue weighted by Gasteiger charge is 2.26. The first-order valence-electron chi connectivity index (χ1n) is 25.7. The number of benzene rings is 6. The van der Waals surface area contributed by atoms with Gasteiger partial charge in [0.05, 0.1) is 10.9 Å². The van der Waals surface area contributed by atoms with Gasteiger partial charge in [-0.3, -0.25) is 0 Å². The van der Waals surface area contributed by atoms with Crippen molar-refractivity contribution in [2.75, 3.05) is 67.1 Å². The molecule has 0 fully saturated rings. The van der Waals surface area contributed by atoms with Crippen molar-refractivity contribution in [3.8, 4) is 0 Å². The Morgan fingerprint density at radius 2 is 0.942 bits per heavy atom. The Bertz CT molecular complexity index is 3020. The SMILES string of the molecule is CCN(CC)c1ccc(C(=C2C=CC(=[NH+]c3ccc(C(=C4C=CC(=[N+](CC)CC)C=C4)c4ccc(N(CC)CC)cc4C)c4ccccc34)c3ccccc32)c2ccc(N(CC)CC)cc2C)cc1. The van der Waals surface area contributed by atoms with Gasteiger partial charge in [0.1, 0.15) is 13.1 Å². The molecule has 352 valence electrons. The lowest BCUT2D eigenvalue weighted by atomic mass is 9.82. The number of rotatable bonds is 16. The molecule has 2 aliphatic carbocycles. The molecule has 0 unspecified atom stereocenters. The van der Waals surface area contributed by atoms with Crippen LogP contribution in [0.4, 0.5) is 22.7 Å². The highest BCUT2D eigenvalue weighted by molar-refractivity contribution is 6.18. The van der Waals surface area contributed by atoms with Crippen molar-refractivity contribution in [3.63, 3.8) is 0 Å². The highest BCUT2D eigenvalue weighted by atomic mass is 15.1. The molecule has 0 saturated heterocycles. The zero-order chi connectivity index (χ0) is 48.6. The lowest BCUT2D eigenvalue weighted by molar-refractivity contribution is -0.519. The molecule has 69 heavy (non-hydrogen) atoms. The summed E-state index contributed by atoms with van der Waals surface area (Å²) in [6.45, 7) is 30.2. The summed E-state index contributed by atoms with van der Waals surface area (Å²) < 4.78 is 2.41. The summed E-state index contributed by atoms with van der Waals surface area (Å²) in [7, 11) is 0. The van der Waals surface area contributed by atoms with Crippen molar-refractivity contribution < 1.29 is 9.57 Å². The Balaban J connectivity index is 1.29. The molecule has 0 saturated carbocycles. The van der Waals surface area contributed by atoms with Gasteiger partial charge in [-0.1, -0.05) is 60.7 Å². The summed E-state index contributed by atoms with van der Waals surface area (Å²) in [5.74, 6) is 0. The van der Waals surface area contributed by atoms with Crippen LogP contribution in [0.25, 0.3) is 27.5 Å². The van der Waals surface area contributed by atoms with Crippen LogP contribution in [0.3, 0.4) is 0 Å². The van der Waals surface area contributed by atoms with Crippen LogP contribution < -0.4 is 19.7 Å². The molecule has 0 radical (unpaired) electrons. The minimum Gasteiger partial charge on any atom is -0.372 e. The zero-order valence-electron chi connectivity index (χ0n) is 43.0. The Morgan fingerprint density at radius 1 is 0.449 bits per heavy atom. The van der Waals surface area contributed by atoms with Gasteiger partial charge in [0.25, 0.3) is 0 Å². The van der Waals surface area contributed by atoms with Crippen LogP contribution in [0.2, 0.25) is 0 Å². The minimum atomic E-state index is 0.977. The van der Waals surface area contributed by atoms with Crippen LogP contribution in [-0.2, 0) is 0 Å². The molecule has 0 aromatic heterocycles. The number of hydrogen-bond donors (Lipinski definition) is 1. The Hall–Kier alpha value is -6.98. The van der Waals surface area contributed by atoms with Gasteiger partial charge in [0.2, 0.25) is 11.4 Å². The van der Waals surface area contributed by atoms with Gasteiger partial charge < -0.3 is 14.7 Å². The Labute approximate surface area is 413 Å². The number of nitrogens with zero attached hydrogens (tertiary/aromatic N) is 4.